The van der Waals surface area contributed by atoms with Crippen LogP contribution in [0, 0.1) is 12.7 Å². The molecule has 8 nitrogen and oxygen atoms in total. The van der Waals surface area contributed by atoms with E-state index in [1.807, 2.05) is 6.07 Å². The van der Waals surface area contributed by atoms with Gasteiger partial charge in [-0.1, -0.05) is 11.6 Å². The Labute approximate surface area is 194 Å². The average Bonchev–Trinajstić information content (AvgIpc) is 3.63. The molecule has 33 heavy (non-hydrogen) atoms. The number of aromatic nitrogens is 3. The van der Waals surface area contributed by atoms with Crippen LogP contribution < -0.4 is 15.8 Å². The second-order valence-corrected chi connectivity index (χ2v) is 9.00. The Bertz CT molecular complexity index is 1270. The van der Waals surface area contributed by atoms with Crippen LogP contribution in [0.5, 0.6) is 0 Å². The largest absolute Gasteiger partial charge is 0.368 e. The van der Waals surface area contributed by atoms with Gasteiger partial charge in [0.1, 0.15) is 16.9 Å². The number of pyridine rings is 1. The van der Waals surface area contributed by atoms with Crippen LogP contribution in [0.1, 0.15) is 34.6 Å². The second kappa shape index (κ2) is 8.72. The number of carbonyl (C=O) groups excluding carboxylic acids is 1. The molecule has 172 valence electrons. The summed E-state index contributed by atoms with van der Waals surface area (Å²) in [6.45, 7) is 5.03. The molecule has 0 radical (unpaired) electrons. The van der Waals surface area contributed by atoms with Gasteiger partial charge in [-0.2, -0.15) is 0 Å². The van der Waals surface area contributed by atoms with Crippen LogP contribution in [0.15, 0.2) is 29.2 Å². The first-order chi connectivity index (χ1) is 15.9. The summed E-state index contributed by atoms with van der Waals surface area (Å²) >= 11 is 6.50. The van der Waals surface area contributed by atoms with Crippen LogP contribution in [-0.4, -0.2) is 58.0 Å². The van der Waals surface area contributed by atoms with Gasteiger partial charge in [-0.15, -0.1) is 0 Å². The summed E-state index contributed by atoms with van der Waals surface area (Å²) in [5, 5.41) is 3.26. The molecule has 2 aromatic heterocycles. The van der Waals surface area contributed by atoms with Crippen molar-refractivity contribution in [2.24, 2.45) is 0 Å². The van der Waals surface area contributed by atoms with Crippen LogP contribution in [0.25, 0.3) is 11.0 Å². The van der Waals surface area contributed by atoms with Gasteiger partial charge in [0.15, 0.2) is 5.82 Å². The fourth-order valence-corrected chi connectivity index (χ4v) is 4.28. The first-order valence-corrected chi connectivity index (χ1v) is 11.4. The molecule has 0 bridgehead atoms. The van der Waals surface area contributed by atoms with Crippen LogP contribution in [0.2, 0.25) is 5.02 Å². The van der Waals surface area contributed by atoms with Crippen molar-refractivity contribution in [2.45, 2.75) is 32.4 Å². The number of aromatic amines is 1. The molecule has 2 fully saturated rings. The van der Waals surface area contributed by atoms with Crippen molar-refractivity contribution in [1.82, 2.24) is 25.2 Å². The summed E-state index contributed by atoms with van der Waals surface area (Å²) in [5.41, 5.74) is 2.15. The number of nitrogens with one attached hydrogen (secondary N) is 2. The molecule has 3 heterocycles. The Kier molecular flexibility index (Phi) is 5.76. The lowest BCUT2D eigenvalue weighted by atomic mass is 10.1. The van der Waals surface area contributed by atoms with Gasteiger partial charge < -0.3 is 15.2 Å². The summed E-state index contributed by atoms with van der Waals surface area (Å²) in [4.78, 5) is 39.5. The van der Waals surface area contributed by atoms with Gasteiger partial charge in [-0.05, 0) is 43.5 Å². The maximum Gasteiger partial charge on any atom is 0.270 e. The van der Waals surface area contributed by atoms with Crippen molar-refractivity contribution in [1.29, 1.82) is 0 Å². The van der Waals surface area contributed by atoms with Crippen LogP contribution in [0.3, 0.4) is 0 Å². The molecular formula is C23H24ClFN6O2. The number of piperazine rings is 1. The Hall–Kier alpha value is -3.04. The number of rotatable bonds is 5. The lowest BCUT2D eigenvalue weighted by Gasteiger charge is -2.36. The molecule has 0 unspecified atom stereocenters. The van der Waals surface area contributed by atoms with Gasteiger partial charge in [0.05, 0.1) is 22.4 Å². The highest BCUT2D eigenvalue weighted by atomic mass is 35.5. The van der Waals surface area contributed by atoms with E-state index in [0.29, 0.717) is 28.9 Å². The number of halogens is 2. The average molecular weight is 471 g/mol. The summed E-state index contributed by atoms with van der Waals surface area (Å²) in [5.74, 6) is -0.626. The topological polar surface area (TPSA) is 94.2 Å². The van der Waals surface area contributed by atoms with Crippen molar-refractivity contribution in [3.8, 4) is 0 Å². The van der Waals surface area contributed by atoms with E-state index in [-0.39, 0.29) is 28.2 Å². The van der Waals surface area contributed by atoms with E-state index < -0.39 is 5.82 Å². The van der Waals surface area contributed by atoms with Gasteiger partial charge in [0, 0.05) is 38.8 Å². The molecule has 0 spiro atoms. The zero-order valence-corrected chi connectivity index (χ0v) is 19.0. The molecule has 1 amide bonds. The molecule has 1 aliphatic heterocycles. The zero-order valence-electron chi connectivity index (χ0n) is 18.2. The standard InChI is InChI=1S/C23H24ClFN6O2/c1-13-22(32)29-21-19(24)14(10-17(25)20(21)27-13)12-30-6-8-31(9-7-30)16-4-5-18(26-11-16)23(33)28-15-2-3-15/h4-5,10-11,15H,2-3,6-9,12H2,1H3,(H,28,33)(H,29,32). The number of hydrogen-bond acceptors (Lipinski definition) is 6. The van der Waals surface area contributed by atoms with E-state index in [2.05, 4.69) is 30.1 Å². The molecule has 1 saturated carbocycles. The minimum absolute atomic E-state index is 0.0763. The SMILES string of the molecule is Cc1nc2c(F)cc(CN3CCN(c4ccc(C(=O)NC5CC5)nc4)CC3)c(Cl)c2[nH]c1=O. The third kappa shape index (κ3) is 4.56. The van der Waals surface area contributed by atoms with Crippen molar-refractivity contribution in [3.63, 3.8) is 0 Å². The minimum Gasteiger partial charge on any atom is -0.368 e. The minimum atomic E-state index is -0.501. The number of fused-ring (bicyclic) bond motifs is 1. The molecular weight excluding hydrogens is 447 g/mol. The molecule has 2 aliphatic rings. The molecule has 3 aromatic rings. The first kappa shape index (κ1) is 21.8. The Morgan fingerprint density at radius 2 is 2.03 bits per heavy atom. The number of anilines is 1. The second-order valence-electron chi connectivity index (χ2n) is 8.62. The molecule has 10 heteroatoms. The summed E-state index contributed by atoms with van der Waals surface area (Å²) in [6.07, 6.45) is 3.82. The number of aryl methyl sites for hydroxylation is 1. The highest BCUT2D eigenvalue weighted by Crippen LogP contribution is 2.28. The highest BCUT2D eigenvalue weighted by molar-refractivity contribution is 6.35. The van der Waals surface area contributed by atoms with Crippen molar-refractivity contribution >= 4 is 34.2 Å². The molecule has 1 aliphatic carbocycles. The monoisotopic (exact) mass is 470 g/mol. The lowest BCUT2D eigenvalue weighted by Crippen LogP contribution is -2.46. The number of nitrogens with zero attached hydrogens (tertiary/aromatic N) is 4. The third-order valence-electron chi connectivity index (χ3n) is 6.14. The quantitative estimate of drug-likeness (QED) is 0.595. The van der Waals surface area contributed by atoms with Crippen molar-refractivity contribution in [3.05, 3.63) is 62.5 Å². The van der Waals surface area contributed by atoms with E-state index >= 15 is 0 Å². The summed E-state index contributed by atoms with van der Waals surface area (Å²) < 4.78 is 14.6. The van der Waals surface area contributed by atoms with Gasteiger partial charge in [0.2, 0.25) is 0 Å². The summed E-state index contributed by atoms with van der Waals surface area (Å²) in [7, 11) is 0. The van der Waals surface area contributed by atoms with E-state index in [1.54, 1.807) is 12.3 Å². The molecule has 0 atom stereocenters. The van der Waals surface area contributed by atoms with Crippen molar-refractivity contribution in [2.75, 3.05) is 31.1 Å². The third-order valence-corrected chi connectivity index (χ3v) is 6.57. The number of H-pyrrole nitrogens is 1. The fraction of sp³-hybridized carbons (Fsp3) is 0.391. The fourth-order valence-electron chi connectivity index (χ4n) is 4.03. The zero-order chi connectivity index (χ0) is 23.1. The maximum atomic E-state index is 14.6. The van der Waals surface area contributed by atoms with E-state index in [0.717, 1.165) is 44.7 Å². The number of hydrogen-bond donors (Lipinski definition) is 2. The van der Waals surface area contributed by atoms with Crippen molar-refractivity contribution < 1.29 is 9.18 Å². The van der Waals surface area contributed by atoms with Crippen LogP contribution in [-0.2, 0) is 6.54 Å². The van der Waals surface area contributed by atoms with E-state index in [9.17, 15) is 14.0 Å². The van der Waals surface area contributed by atoms with Gasteiger partial charge >= 0.3 is 0 Å². The van der Waals surface area contributed by atoms with E-state index in [1.165, 1.54) is 13.0 Å². The molecule has 5 rings (SSSR count). The number of amides is 1. The van der Waals surface area contributed by atoms with Crippen LogP contribution in [0.4, 0.5) is 10.1 Å². The lowest BCUT2D eigenvalue weighted by molar-refractivity contribution is 0.0946. The normalized spacial score (nSPS) is 16.9. The van der Waals surface area contributed by atoms with Crippen LogP contribution >= 0.6 is 11.6 Å². The smallest absolute Gasteiger partial charge is 0.270 e. The predicted molar refractivity (Wildman–Crippen MR) is 124 cm³/mol. The summed E-state index contributed by atoms with van der Waals surface area (Å²) in [6, 6.07) is 5.38. The van der Waals surface area contributed by atoms with Gasteiger partial charge in [-0.25, -0.2) is 14.4 Å². The molecule has 1 aromatic carbocycles. The van der Waals surface area contributed by atoms with Gasteiger partial charge in [0.25, 0.3) is 11.5 Å². The number of carbonyl (C=O) groups is 1. The van der Waals surface area contributed by atoms with E-state index in [4.69, 9.17) is 11.6 Å². The maximum absolute atomic E-state index is 14.6. The first-order valence-electron chi connectivity index (χ1n) is 11.0. The Balaban J connectivity index is 1.24. The van der Waals surface area contributed by atoms with Gasteiger partial charge in [-0.3, -0.25) is 14.5 Å². The highest BCUT2D eigenvalue weighted by Gasteiger charge is 2.25. The molecule has 1 saturated heterocycles. The number of benzene rings is 1. The Morgan fingerprint density at radius 3 is 2.70 bits per heavy atom. The predicted octanol–water partition coefficient (Wildman–Crippen LogP) is 2.63. The Morgan fingerprint density at radius 1 is 1.27 bits per heavy atom. The molecule has 2 N–H and O–H groups in total.